The molecule has 20 heavy (non-hydrogen) atoms. The Morgan fingerprint density at radius 2 is 2.20 bits per heavy atom. The number of aliphatic carboxylic acids is 1. The van der Waals surface area contributed by atoms with Gasteiger partial charge in [-0.2, -0.15) is 11.8 Å². The smallest absolute Gasteiger partial charge is 0.328 e. The number of methoxy groups -OCH3 is 1. The number of ether oxygens (including phenoxy) is 1. The van der Waals surface area contributed by atoms with Crippen LogP contribution in [0.4, 0.5) is 4.39 Å². The van der Waals surface area contributed by atoms with E-state index in [-0.39, 0.29) is 11.5 Å². The third-order valence-corrected chi connectivity index (χ3v) is 3.44. The van der Waals surface area contributed by atoms with E-state index in [0.717, 1.165) is 11.6 Å². The van der Waals surface area contributed by atoms with E-state index in [2.05, 4.69) is 4.74 Å². The van der Waals surface area contributed by atoms with Gasteiger partial charge in [0.2, 0.25) is 0 Å². The van der Waals surface area contributed by atoms with Gasteiger partial charge in [-0.05, 0) is 23.8 Å². The van der Waals surface area contributed by atoms with E-state index in [4.69, 9.17) is 5.11 Å². The summed E-state index contributed by atoms with van der Waals surface area (Å²) in [5, 5.41) is 8.53. The van der Waals surface area contributed by atoms with Gasteiger partial charge in [-0.15, -0.1) is 0 Å². The number of esters is 1. The Hall–Kier alpha value is -1.82. The van der Waals surface area contributed by atoms with E-state index in [0.29, 0.717) is 17.9 Å². The minimum Gasteiger partial charge on any atom is -0.478 e. The third kappa shape index (κ3) is 5.88. The van der Waals surface area contributed by atoms with Crippen molar-refractivity contribution in [3.05, 3.63) is 41.2 Å². The summed E-state index contributed by atoms with van der Waals surface area (Å²) in [6, 6.07) is 4.54. The van der Waals surface area contributed by atoms with E-state index in [1.54, 1.807) is 12.1 Å². The molecule has 0 radical (unpaired) electrons. The van der Waals surface area contributed by atoms with Crippen LogP contribution >= 0.6 is 11.8 Å². The van der Waals surface area contributed by atoms with Gasteiger partial charge in [0, 0.05) is 23.1 Å². The summed E-state index contributed by atoms with van der Waals surface area (Å²) in [5.74, 6) is -0.620. The number of carbonyl (C=O) groups is 2. The van der Waals surface area contributed by atoms with Crippen molar-refractivity contribution in [3.63, 3.8) is 0 Å². The van der Waals surface area contributed by atoms with Crippen molar-refractivity contribution >= 4 is 29.8 Å². The van der Waals surface area contributed by atoms with Crippen LogP contribution in [-0.2, 0) is 20.1 Å². The molecule has 1 aromatic rings. The average molecular weight is 298 g/mol. The van der Waals surface area contributed by atoms with Crippen LogP contribution in [0.3, 0.4) is 0 Å². The molecule has 108 valence electrons. The van der Waals surface area contributed by atoms with Gasteiger partial charge >= 0.3 is 11.9 Å². The first kappa shape index (κ1) is 16.2. The summed E-state index contributed by atoms with van der Waals surface area (Å²) in [5.41, 5.74) is 1.10. The number of halogens is 1. The predicted molar refractivity (Wildman–Crippen MR) is 75.9 cm³/mol. The lowest BCUT2D eigenvalue weighted by Gasteiger charge is -2.04. The van der Waals surface area contributed by atoms with Gasteiger partial charge in [0.15, 0.2) is 0 Å². The van der Waals surface area contributed by atoms with Crippen molar-refractivity contribution in [1.82, 2.24) is 0 Å². The molecule has 4 nitrogen and oxygen atoms in total. The first-order valence-electron chi connectivity index (χ1n) is 5.87. The number of rotatable bonds is 7. The molecule has 1 rings (SSSR count). The molecule has 0 heterocycles. The third-order valence-electron chi connectivity index (χ3n) is 2.41. The van der Waals surface area contributed by atoms with Gasteiger partial charge in [0.25, 0.3) is 0 Å². The van der Waals surface area contributed by atoms with Gasteiger partial charge in [-0.1, -0.05) is 6.07 Å². The van der Waals surface area contributed by atoms with Crippen molar-refractivity contribution in [1.29, 1.82) is 0 Å². The first-order chi connectivity index (χ1) is 9.52. The molecule has 1 aromatic carbocycles. The zero-order valence-corrected chi connectivity index (χ0v) is 11.8. The number of carboxylic acids is 1. The molecule has 0 spiro atoms. The second-order valence-electron chi connectivity index (χ2n) is 3.91. The molecule has 0 amide bonds. The van der Waals surface area contributed by atoms with E-state index in [1.807, 2.05) is 0 Å². The van der Waals surface area contributed by atoms with Crippen molar-refractivity contribution < 1.29 is 23.8 Å². The summed E-state index contributed by atoms with van der Waals surface area (Å²) in [6.07, 6.45) is 2.45. The van der Waals surface area contributed by atoms with E-state index >= 15 is 0 Å². The molecule has 0 aliphatic heterocycles. The summed E-state index contributed by atoms with van der Waals surface area (Å²) in [6.45, 7) is 0. The molecule has 0 saturated carbocycles. The average Bonchev–Trinajstić information content (AvgIpc) is 2.43. The van der Waals surface area contributed by atoms with Gasteiger partial charge < -0.3 is 9.84 Å². The van der Waals surface area contributed by atoms with Crippen LogP contribution in [0.15, 0.2) is 24.3 Å². The molecule has 0 fully saturated rings. The minimum absolute atomic E-state index is 0.235. The van der Waals surface area contributed by atoms with Crippen molar-refractivity contribution in [2.24, 2.45) is 0 Å². The molecule has 0 bridgehead atoms. The summed E-state index contributed by atoms with van der Waals surface area (Å²) in [4.78, 5) is 21.3. The highest BCUT2D eigenvalue weighted by molar-refractivity contribution is 7.98. The Bertz CT molecular complexity index is 514. The normalized spacial score (nSPS) is 10.7. The number of hydrogen-bond donors (Lipinski definition) is 1. The topological polar surface area (TPSA) is 63.6 Å². The van der Waals surface area contributed by atoms with E-state index in [9.17, 15) is 14.0 Å². The maximum Gasteiger partial charge on any atom is 0.328 e. The predicted octanol–water partition coefficient (Wildman–Crippen LogP) is 2.72. The zero-order valence-electron chi connectivity index (χ0n) is 11.0. The number of carbonyl (C=O) groups excluding carboxylic acids is 1. The summed E-state index contributed by atoms with van der Waals surface area (Å²) < 4.78 is 18.0. The molecule has 0 aromatic heterocycles. The Balaban J connectivity index is 2.57. The molecule has 0 unspecified atom stereocenters. The SMILES string of the molecule is COC(=O)CCSCc1ccc(F)c(C=CC(=O)O)c1. The second-order valence-corrected chi connectivity index (χ2v) is 5.01. The lowest BCUT2D eigenvalue weighted by atomic mass is 10.1. The standard InChI is InChI=1S/C14H15FO4S/c1-19-14(18)6-7-20-9-10-2-4-12(15)11(8-10)3-5-13(16)17/h2-5,8H,6-7,9H2,1H3,(H,16,17). The van der Waals surface area contributed by atoms with Gasteiger partial charge in [0.1, 0.15) is 5.82 Å². The zero-order chi connectivity index (χ0) is 15.0. The van der Waals surface area contributed by atoms with Crippen molar-refractivity contribution in [2.75, 3.05) is 12.9 Å². The Kier molecular flexibility index (Phi) is 6.79. The maximum absolute atomic E-state index is 13.4. The Morgan fingerprint density at radius 3 is 2.85 bits per heavy atom. The van der Waals surface area contributed by atoms with Crippen LogP contribution < -0.4 is 0 Å². The highest BCUT2D eigenvalue weighted by Crippen LogP contribution is 2.18. The second kappa shape index (κ2) is 8.37. The van der Waals surface area contributed by atoms with Crippen molar-refractivity contribution in [3.8, 4) is 0 Å². The summed E-state index contributed by atoms with van der Waals surface area (Å²) in [7, 11) is 1.34. The fraction of sp³-hybridized carbons (Fsp3) is 0.286. The molecule has 6 heteroatoms. The monoisotopic (exact) mass is 298 g/mol. The van der Waals surface area contributed by atoms with Crippen LogP contribution in [0.2, 0.25) is 0 Å². The fourth-order valence-corrected chi connectivity index (χ4v) is 2.29. The van der Waals surface area contributed by atoms with Gasteiger partial charge in [0.05, 0.1) is 13.5 Å². The maximum atomic E-state index is 13.4. The number of hydrogen-bond acceptors (Lipinski definition) is 4. The van der Waals surface area contributed by atoms with E-state index in [1.165, 1.54) is 31.0 Å². The van der Waals surface area contributed by atoms with Crippen LogP contribution in [0.5, 0.6) is 0 Å². The molecule has 0 aliphatic carbocycles. The van der Waals surface area contributed by atoms with Gasteiger partial charge in [-0.3, -0.25) is 4.79 Å². The Morgan fingerprint density at radius 1 is 1.45 bits per heavy atom. The number of carboxylic acid groups (broad SMARTS) is 1. The minimum atomic E-state index is -1.12. The summed E-state index contributed by atoms with van der Waals surface area (Å²) >= 11 is 1.53. The van der Waals surface area contributed by atoms with Crippen molar-refractivity contribution in [2.45, 2.75) is 12.2 Å². The highest BCUT2D eigenvalue weighted by atomic mass is 32.2. The van der Waals surface area contributed by atoms with Crippen LogP contribution in [-0.4, -0.2) is 29.9 Å². The van der Waals surface area contributed by atoms with Gasteiger partial charge in [-0.25, -0.2) is 9.18 Å². The van der Waals surface area contributed by atoms with Crippen LogP contribution in [0.25, 0.3) is 6.08 Å². The molecular formula is C14H15FO4S. The molecule has 1 N–H and O–H groups in total. The molecule has 0 saturated heterocycles. The number of benzene rings is 1. The quantitative estimate of drug-likeness (QED) is 0.476. The molecule has 0 atom stereocenters. The van der Waals surface area contributed by atoms with Crippen LogP contribution in [0.1, 0.15) is 17.5 Å². The lowest BCUT2D eigenvalue weighted by molar-refractivity contribution is -0.140. The first-order valence-corrected chi connectivity index (χ1v) is 7.02. The largest absolute Gasteiger partial charge is 0.478 e. The molecular weight excluding hydrogens is 283 g/mol. The highest BCUT2D eigenvalue weighted by Gasteiger charge is 2.03. The molecule has 0 aliphatic rings. The fourth-order valence-electron chi connectivity index (χ4n) is 1.42. The Labute approximate surface area is 120 Å². The number of thioether (sulfide) groups is 1. The van der Waals surface area contributed by atoms with E-state index < -0.39 is 11.8 Å². The lowest BCUT2D eigenvalue weighted by Crippen LogP contribution is -2.01. The van der Waals surface area contributed by atoms with Crippen LogP contribution in [0, 0.1) is 5.82 Å².